The molecule has 4 aromatic rings. The van der Waals surface area contributed by atoms with E-state index in [1.807, 2.05) is 41.4 Å². The van der Waals surface area contributed by atoms with Gasteiger partial charge in [0.15, 0.2) is 0 Å². The molecular weight excluding hydrogens is 462 g/mol. The summed E-state index contributed by atoms with van der Waals surface area (Å²) < 4.78 is 7.86. The van der Waals surface area contributed by atoms with Crippen molar-refractivity contribution in [1.29, 1.82) is 0 Å². The van der Waals surface area contributed by atoms with E-state index in [2.05, 4.69) is 45.7 Å². The van der Waals surface area contributed by atoms with E-state index in [0.29, 0.717) is 18.0 Å². The quantitative estimate of drug-likeness (QED) is 0.339. The van der Waals surface area contributed by atoms with Gasteiger partial charge in [0.1, 0.15) is 16.8 Å². The number of hydrogen-bond acceptors (Lipinski definition) is 4. The molecule has 1 atom stereocenters. The zero-order valence-corrected chi connectivity index (χ0v) is 21.0. The molecule has 1 N–H and O–H groups in total. The van der Waals surface area contributed by atoms with Crippen LogP contribution < -0.4 is 10.1 Å². The molecule has 0 unspecified atom stereocenters. The highest BCUT2D eigenvalue weighted by Crippen LogP contribution is 2.45. The number of aromatic nitrogens is 1. The second-order valence-electron chi connectivity index (χ2n) is 8.98. The Balaban J connectivity index is 1.48. The van der Waals surface area contributed by atoms with Crippen LogP contribution in [0.4, 0.5) is 10.5 Å². The fraction of sp³-hybridized carbons (Fsp3) is 0.296. The highest BCUT2D eigenvalue weighted by molar-refractivity contribution is 7.15. The zero-order chi connectivity index (χ0) is 23.2. The van der Waals surface area contributed by atoms with Crippen molar-refractivity contribution in [1.82, 2.24) is 9.47 Å². The number of carbonyl (C=O) groups excluding carboxylic acids is 1. The first kappa shape index (κ1) is 21.5. The Morgan fingerprint density at radius 2 is 2.00 bits per heavy atom. The van der Waals surface area contributed by atoms with Gasteiger partial charge in [0.25, 0.3) is 0 Å². The van der Waals surface area contributed by atoms with Crippen LogP contribution in [-0.4, -0.2) is 22.6 Å². The van der Waals surface area contributed by atoms with Crippen LogP contribution in [-0.2, 0) is 19.4 Å². The van der Waals surface area contributed by atoms with Gasteiger partial charge in [-0.15, -0.1) is 22.7 Å². The summed E-state index contributed by atoms with van der Waals surface area (Å²) in [6.07, 6.45) is 6.87. The summed E-state index contributed by atoms with van der Waals surface area (Å²) in [6.45, 7) is 2.61. The van der Waals surface area contributed by atoms with Gasteiger partial charge >= 0.3 is 6.03 Å². The largest absolute Gasteiger partial charge is 0.495 e. The Morgan fingerprint density at radius 3 is 2.82 bits per heavy atom. The Hall–Kier alpha value is -3.03. The summed E-state index contributed by atoms with van der Waals surface area (Å²) in [7, 11) is 1.64. The van der Waals surface area contributed by atoms with Gasteiger partial charge in [-0.25, -0.2) is 4.79 Å². The van der Waals surface area contributed by atoms with Gasteiger partial charge in [-0.1, -0.05) is 12.1 Å². The van der Waals surface area contributed by atoms with E-state index in [1.165, 1.54) is 33.8 Å². The average molecular weight is 490 g/mol. The predicted molar refractivity (Wildman–Crippen MR) is 139 cm³/mol. The first-order valence-electron chi connectivity index (χ1n) is 11.7. The summed E-state index contributed by atoms with van der Waals surface area (Å²) in [5, 5.41) is 6.54. The number of methoxy groups -OCH3 is 1. The number of thiophene rings is 2. The maximum atomic E-state index is 14.0. The number of benzene rings is 1. The van der Waals surface area contributed by atoms with E-state index < -0.39 is 0 Å². The van der Waals surface area contributed by atoms with E-state index in [9.17, 15) is 4.79 Å². The van der Waals surface area contributed by atoms with Crippen molar-refractivity contribution in [3.05, 3.63) is 86.2 Å². The van der Waals surface area contributed by atoms with Crippen LogP contribution in [0.1, 0.15) is 51.0 Å². The fourth-order valence-corrected chi connectivity index (χ4v) is 7.49. The molecule has 0 fully saturated rings. The minimum absolute atomic E-state index is 0.112. The molecule has 0 radical (unpaired) electrons. The number of nitrogens with zero attached hydrogens (tertiary/aromatic N) is 2. The van der Waals surface area contributed by atoms with Gasteiger partial charge in [0, 0.05) is 21.5 Å². The molecule has 2 amide bonds. The van der Waals surface area contributed by atoms with Crippen LogP contribution in [0.15, 0.2) is 54.0 Å². The molecule has 0 spiro atoms. The standard InChI is InChI=1S/C27H27N3O2S2/c1-17-11-12-22(32-2)20(15-17)28-27(31)30-16-19-18-7-3-4-9-23(18)34-26(19)29-13-5-8-21(29)25(30)24-10-6-14-33-24/h5-6,8,10-15,25H,3-4,7,9,16H2,1-2H3,(H,28,31)/t25-/m0/s1. The second kappa shape index (κ2) is 8.64. The van der Waals surface area contributed by atoms with Crippen molar-refractivity contribution in [3.8, 4) is 10.8 Å². The zero-order valence-electron chi connectivity index (χ0n) is 19.3. The lowest BCUT2D eigenvalue weighted by Gasteiger charge is -2.30. The third kappa shape index (κ3) is 3.54. The van der Waals surface area contributed by atoms with E-state index >= 15 is 0 Å². The predicted octanol–water partition coefficient (Wildman–Crippen LogP) is 6.93. The number of anilines is 1. The number of ether oxygens (including phenoxy) is 1. The van der Waals surface area contributed by atoms with Gasteiger partial charge < -0.3 is 19.5 Å². The van der Waals surface area contributed by atoms with Crippen molar-refractivity contribution in [2.75, 3.05) is 12.4 Å². The summed E-state index contributed by atoms with van der Waals surface area (Å²) >= 11 is 3.61. The SMILES string of the molecule is COc1ccc(C)cc1NC(=O)N1Cc2c(sc3c2CCCC3)-n2cccc2[C@H]1c1cccs1. The molecule has 7 heteroatoms. The number of hydrogen-bond donors (Lipinski definition) is 1. The summed E-state index contributed by atoms with van der Waals surface area (Å²) in [5.74, 6) is 0.665. The molecule has 34 heavy (non-hydrogen) atoms. The maximum Gasteiger partial charge on any atom is 0.323 e. The minimum Gasteiger partial charge on any atom is -0.495 e. The first-order chi connectivity index (χ1) is 16.6. The third-order valence-corrected chi connectivity index (χ3v) is 9.11. The van der Waals surface area contributed by atoms with Crippen LogP contribution in [0, 0.1) is 6.92 Å². The molecule has 1 aliphatic carbocycles. The molecule has 5 nitrogen and oxygen atoms in total. The second-order valence-corrected chi connectivity index (χ2v) is 11.0. The van der Waals surface area contributed by atoms with Gasteiger partial charge in [-0.2, -0.15) is 0 Å². The normalized spacial score (nSPS) is 16.9. The Labute approximate surface area is 207 Å². The lowest BCUT2D eigenvalue weighted by atomic mass is 9.95. The van der Waals surface area contributed by atoms with Crippen molar-refractivity contribution in [2.45, 2.75) is 45.2 Å². The van der Waals surface area contributed by atoms with Crippen LogP contribution >= 0.6 is 22.7 Å². The van der Waals surface area contributed by atoms with Crippen molar-refractivity contribution < 1.29 is 9.53 Å². The number of carbonyl (C=O) groups is 1. The minimum atomic E-state index is -0.162. The van der Waals surface area contributed by atoms with Gasteiger partial charge in [0.05, 0.1) is 25.0 Å². The highest BCUT2D eigenvalue weighted by atomic mass is 32.1. The first-order valence-corrected chi connectivity index (χ1v) is 13.4. The van der Waals surface area contributed by atoms with Crippen molar-refractivity contribution >= 4 is 34.4 Å². The van der Waals surface area contributed by atoms with Crippen LogP contribution in [0.25, 0.3) is 5.00 Å². The van der Waals surface area contributed by atoms with Gasteiger partial charge in [0.2, 0.25) is 0 Å². The fourth-order valence-electron chi connectivity index (χ4n) is 5.24. The lowest BCUT2D eigenvalue weighted by Crippen LogP contribution is -2.38. The molecule has 6 rings (SSSR count). The summed E-state index contributed by atoms with van der Waals surface area (Å²) in [4.78, 5) is 18.7. The maximum absolute atomic E-state index is 14.0. The lowest BCUT2D eigenvalue weighted by molar-refractivity contribution is 0.195. The Kier molecular flexibility index (Phi) is 5.46. The van der Waals surface area contributed by atoms with E-state index in [4.69, 9.17) is 4.74 Å². The molecule has 1 aliphatic heterocycles. The van der Waals surface area contributed by atoms with Crippen LogP contribution in [0.5, 0.6) is 5.75 Å². The molecule has 3 aromatic heterocycles. The summed E-state index contributed by atoms with van der Waals surface area (Å²) in [5.41, 5.74) is 5.67. The number of fused-ring (bicyclic) bond motifs is 5. The van der Waals surface area contributed by atoms with Crippen molar-refractivity contribution in [2.24, 2.45) is 0 Å². The van der Waals surface area contributed by atoms with E-state index in [-0.39, 0.29) is 12.1 Å². The molecule has 0 saturated heterocycles. The van der Waals surface area contributed by atoms with Crippen LogP contribution in [0.3, 0.4) is 0 Å². The van der Waals surface area contributed by atoms with Crippen molar-refractivity contribution in [3.63, 3.8) is 0 Å². The average Bonchev–Trinajstić information content (AvgIpc) is 3.59. The monoisotopic (exact) mass is 489 g/mol. The number of amides is 2. The third-order valence-electron chi connectivity index (χ3n) is 6.85. The Morgan fingerprint density at radius 1 is 1.12 bits per heavy atom. The Bertz CT molecular complexity index is 1350. The molecule has 0 bridgehead atoms. The smallest absolute Gasteiger partial charge is 0.323 e. The molecule has 2 aliphatic rings. The topological polar surface area (TPSA) is 46.5 Å². The summed E-state index contributed by atoms with van der Waals surface area (Å²) in [6, 6.07) is 14.0. The highest BCUT2D eigenvalue weighted by Gasteiger charge is 2.36. The molecular formula is C27H27N3O2S2. The van der Waals surface area contributed by atoms with Gasteiger partial charge in [-0.3, -0.25) is 0 Å². The van der Waals surface area contributed by atoms with Gasteiger partial charge in [-0.05, 0) is 79.4 Å². The number of aryl methyl sites for hydroxylation is 2. The molecule has 174 valence electrons. The molecule has 0 saturated carbocycles. The van der Waals surface area contributed by atoms with E-state index in [0.717, 1.165) is 29.0 Å². The molecule has 4 heterocycles. The number of urea groups is 1. The van der Waals surface area contributed by atoms with Crippen LogP contribution in [0.2, 0.25) is 0 Å². The number of rotatable bonds is 3. The molecule has 1 aromatic carbocycles. The number of nitrogens with one attached hydrogen (secondary N) is 1. The van der Waals surface area contributed by atoms with E-state index in [1.54, 1.807) is 18.4 Å².